The lowest BCUT2D eigenvalue weighted by Crippen LogP contribution is -2.37. The third kappa shape index (κ3) is 5.78. The Kier molecular flexibility index (Phi) is 7.47. The molecule has 2 heterocycles. The molecule has 9 heteroatoms. The number of amides is 1. The quantitative estimate of drug-likeness (QED) is 0.398. The van der Waals surface area contributed by atoms with Crippen LogP contribution in [0.3, 0.4) is 0 Å². The molecule has 0 aliphatic carbocycles. The van der Waals surface area contributed by atoms with Gasteiger partial charge in [0.2, 0.25) is 5.91 Å². The van der Waals surface area contributed by atoms with Gasteiger partial charge in [0.15, 0.2) is 5.65 Å². The van der Waals surface area contributed by atoms with Crippen LogP contribution in [0.15, 0.2) is 59.5 Å². The minimum Gasteiger partial charge on any atom is -0.352 e. The molecule has 2 aromatic heterocycles. The summed E-state index contributed by atoms with van der Waals surface area (Å²) in [6.07, 6.45) is 1.57. The van der Waals surface area contributed by atoms with Crippen LogP contribution in [0.2, 0.25) is 5.02 Å². The molecule has 36 heavy (non-hydrogen) atoms. The van der Waals surface area contributed by atoms with Crippen LogP contribution in [0.25, 0.3) is 33.5 Å². The summed E-state index contributed by atoms with van der Waals surface area (Å²) in [5.41, 5.74) is 2.37. The molecular formula is C27H27ClFN5O2. The predicted molar refractivity (Wildman–Crippen MR) is 140 cm³/mol. The van der Waals surface area contributed by atoms with Crippen LogP contribution < -0.4 is 10.9 Å². The number of pyridine rings is 1. The number of fused-ring (bicyclic) bond motifs is 1. The van der Waals surface area contributed by atoms with Gasteiger partial charge in [0.25, 0.3) is 5.56 Å². The number of benzene rings is 2. The van der Waals surface area contributed by atoms with E-state index in [0.29, 0.717) is 28.3 Å². The van der Waals surface area contributed by atoms with E-state index < -0.39 is 5.56 Å². The normalized spacial score (nSPS) is 11.4. The lowest BCUT2D eigenvalue weighted by Gasteiger charge is -2.15. The molecule has 0 radical (unpaired) electrons. The van der Waals surface area contributed by atoms with Gasteiger partial charge in [-0.15, -0.1) is 0 Å². The van der Waals surface area contributed by atoms with E-state index in [1.807, 2.05) is 38.9 Å². The summed E-state index contributed by atoms with van der Waals surface area (Å²) in [7, 11) is 3.81. The molecule has 4 aromatic rings. The Morgan fingerprint density at radius 1 is 1.11 bits per heavy atom. The highest BCUT2D eigenvalue weighted by atomic mass is 35.5. The number of carbonyl (C=O) groups excluding carboxylic acids is 1. The molecule has 0 unspecified atom stereocenters. The Bertz CT molecular complexity index is 1500. The third-order valence-corrected chi connectivity index (χ3v) is 5.67. The van der Waals surface area contributed by atoms with E-state index in [1.54, 1.807) is 36.5 Å². The molecule has 0 aliphatic rings. The highest BCUT2D eigenvalue weighted by Crippen LogP contribution is 2.26. The first-order valence-corrected chi connectivity index (χ1v) is 11.9. The molecule has 7 nitrogen and oxygen atoms in total. The lowest BCUT2D eigenvalue weighted by molar-refractivity contribution is -0.122. The van der Waals surface area contributed by atoms with E-state index in [1.165, 1.54) is 16.7 Å². The van der Waals surface area contributed by atoms with E-state index >= 15 is 0 Å². The van der Waals surface area contributed by atoms with Gasteiger partial charge in [-0.1, -0.05) is 23.7 Å². The van der Waals surface area contributed by atoms with Crippen molar-refractivity contribution in [3.8, 4) is 22.5 Å². The second-order valence-corrected chi connectivity index (χ2v) is 9.68. The highest BCUT2D eigenvalue weighted by molar-refractivity contribution is 6.30. The number of nitrogens with one attached hydrogen (secondary N) is 1. The average molecular weight is 508 g/mol. The van der Waals surface area contributed by atoms with Crippen LogP contribution >= 0.6 is 11.6 Å². The number of hydrogen-bond acceptors (Lipinski definition) is 5. The SMILES string of the molecule is CC(C)NC(=O)Cn1c(-c2cccc(Cl)c2)nc2ncc(-c3cc(F)cc(CN(C)C)c3)cc2c1=O. The first kappa shape index (κ1) is 25.5. The van der Waals surface area contributed by atoms with Crippen molar-refractivity contribution in [2.24, 2.45) is 0 Å². The molecule has 0 aliphatic heterocycles. The van der Waals surface area contributed by atoms with Gasteiger partial charge in [-0.25, -0.2) is 14.4 Å². The maximum Gasteiger partial charge on any atom is 0.263 e. The molecule has 186 valence electrons. The molecule has 0 bridgehead atoms. The molecule has 0 fully saturated rings. The smallest absolute Gasteiger partial charge is 0.263 e. The number of carbonyl (C=O) groups is 1. The van der Waals surface area contributed by atoms with Crippen LogP contribution in [0.1, 0.15) is 19.4 Å². The monoisotopic (exact) mass is 507 g/mol. The van der Waals surface area contributed by atoms with Crippen molar-refractivity contribution >= 4 is 28.5 Å². The molecule has 0 saturated carbocycles. The van der Waals surface area contributed by atoms with Crippen LogP contribution in [0, 0.1) is 5.82 Å². The summed E-state index contributed by atoms with van der Waals surface area (Å²) < 4.78 is 15.7. The number of rotatable bonds is 7. The maximum atomic E-state index is 14.4. The topological polar surface area (TPSA) is 80.1 Å². The maximum absolute atomic E-state index is 14.4. The van der Waals surface area contributed by atoms with Crippen LogP contribution in [-0.4, -0.2) is 45.5 Å². The summed E-state index contributed by atoms with van der Waals surface area (Å²) >= 11 is 6.18. The first-order valence-electron chi connectivity index (χ1n) is 11.5. The van der Waals surface area contributed by atoms with Gasteiger partial charge in [0.1, 0.15) is 18.2 Å². The molecule has 0 atom stereocenters. The molecule has 4 rings (SSSR count). The largest absolute Gasteiger partial charge is 0.352 e. The van der Waals surface area contributed by atoms with Crippen LogP contribution in [-0.2, 0) is 17.9 Å². The standard InChI is InChI=1S/C27H27ClFN5O2/c1-16(2)31-24(35)15-34-26(18-6-5-7-21(28)10-18)32-25-23(27(34)36)12-20(13-30-25)19-8-17(14-33(3)4)9-22(29)11-19/h5-13,16H,14-15H2,1-4H3,(H,31,35). The zero-order valence-electron chi connectivity index (χ0n) is 20.5. The van der Waals surface area contributed by atoms with Gasteiger partial charge in [0.05, 0.1) is 5.39 Å². The van der Waals surface area contributed by atoms with Crippen LogP contribution in [0.4, 0.5) is 4.39 Å². The van der Waals surface area contributed by atoms with Gasteiger partial charge in [0, 0.05) is 34.9 Å². The van der Waals surface area contributed by atoms with E-state index in [4.69, 9.17) is 11.6 Å². The van der Waals surface area contributed by atoms with E-state index in [0.717, 1.165) is 5.56 Å². The van der Waals surface area contributed by atoms with Crippen LogP contribution in [0.5, 0.6) is 0 Å². The zero-order chi connectivity index (χ0) is 26.0. The lowest BCUT2D eigenvalue weighted by atomic mass is 10.0. The fourth-order valence-corrected chi connectivity index (χ4v) is 4.23. The fraction of sp³-hybridized carbons (Fsp3) is 0.259. The Morgan fingerprint density at radius 3 is 2.58 bits per heavy atom. The first-order chi connectivity index (χ1) is 17.1. The average Bonchev–Trinajstić information content (AvgIpc) is 2.79. The Hall–Kier alpha value is -3.62. The zero-order valence-corrected chi connectivity index (χ0v) is 21.3. The fourth-order valence-electron chi connectivity index (χ4n) is 4.04. The highest BCUT2D eigenvalue weighted by Gasteiger charge is 2.18. The molecule has 2 aromatic carbocycles. The van der Waals surface area contributed by atoms with Crippen molar-refractivity contribution in [3.05, 3.63) is 81.5 Å². The predicted octanol–water partition coefficient (Wildman–Crippen LogP) is 4.50. The summed E-state index contributed by atoms with van der Waals surface area (Å²) in [6.45, 7) is 4.03. The second-order valence-electron chi connectivity index (χ2n) is 9.24. The van der Waals surface area contributed by atoms with Gasteiger partial charge >= 0.3 is 0 Å². The molecule has 1 amide bonds. The van der Waals surface area contributed by atoms with Gasteiger partial charge in [-0.3, -0.25) is 14.2 Å². The third-order valence-electron chi connectivity index (χ3n) is 5.43. The van der Waals surface area contributed by atoms with Crippen molar-refractivity contribution in [1.29, 1.82) is 0 Å². The van der Waals surface area contributed by atoms with E-state index in [2.05, 4.69) is 15.3 Å². The molecule has 0 saturated heterocycles. The number of nitrogens with zero attached hydrogens (tertiary/aromatic N) is 4. The molecular weight excluding hydrogens is 481 g/mol. The number of hydrogen-bond donors (Lipinski definition) is 1. The molecule has 1 N–H and O–H groups in total. The number of aromatic nitrogens is 3. The van der Waals surface area contributed by atoms with Gasteiger partial charge < -0.3 is 10.2 Å². The Labute approximate surface area is 213 Å². The van der Waals surface area contributed by atoms with E-state index in [-0.39, 0.29) is 41.2 Å². The summed E-state index contributed by atoms with van der Waals surface area (Å²) in [6, 6.07) is 13.2. The number of halogens is 2. The molecule has 0 spiro atoms. The van der Waals surface area contributed by atoms with Gasteiger partial charge in [-0.05, 0) is 75.5 Å². The Balaban J connectivity index is 1.89. The van der Waals surface area contributed by atoms with Crippen molar-refractivity contribution in [2.75, 3.05) is 14.1 Å². The Morgan fingerprint density at radius 2 is 1.89 bits per heavy atom. The summed E-state index contributed by atoms with van der Waals surface area (Å²) in [5.74, 6) is -0.408. The van der Waals surface area contributed by atoms with Crippen molar-refractivity contribution in [2.45, 2.75) is 33.0 Å². The van der Waals surface area contributed by atoms with Crippen molar-refractivity contribution < 1.29 is 9.18 Å². The summed E-state index contributed by atoms with van der Waals surface area (Å²) in [5, 5.41) is 3.51. The second kappa shape index (κ2) is 10.6. The summed E-state index contributed by atoms with van der Waals surface area (Å²) in [4.78, 5) is 37.3. The minimum atomic E-state index is -0.423. The minimum absolute atomic E-state index is 0.0890. The van der Waals surface area contributed by atoms with E-state index in [9.17, 15) is 14.0 Å². The van der Waals surface area contributed by atoms with Crippen molar-refractivity contribution in [3.63, 3.8) is 0 Å². The van der Waals surface area contributed by atoms with Crippen molar-refractivity contribution in [1.82, 2.24) is 24.8 Å². The van der Waals surface area contributed by atoms with Gasteiger partial charge in [-0.2, -0.15) is 0 Å².